The van der Waals surface area contributed by atoms with E-state index in [9.17, 15) is 9.59 Å². The molecular weight excluding hydrogens is 378 g/mol. The maximum atomic E-state index is 12.8. The number of piperidine rings is 1. The number of thioether (sulfide) groups is 1. The van der Waals surface area contributed by atoms with Gasteiger partial charge in [0.15, 0.2) is 4.34 Å². The van der Waals surface area contributed by atoms with E-state index in [0.29, 0.717) is 18.2 Å². The summed E-state index contributed by atoms with van der Waals surface area (Å²) in [4.78, 5) is 31.5. The first-order chi connectivity index (χ1) is 13.2. The number of thiazole rings is 1. The Kier molecular flexibility index (Phi) is 4.28. The van der Waals surface area contributed by atoms with Crippen molar-refractivity contribution in [1.29, 1.82) is 0 Å². The summed E-state index contributed by atoms with van der Waals surface area (Å²) in [5.74, 6) is 1.22. The van der Waals surface area contributed by atoms with Crippen LogP contribution < -0.4 is 5.56 Å². The van der Waals surface area contributed by atoms with E-state index in [1.165, 1.54) is 11.8 Å². The van der Waals surface area contributed by atoms with Gasteiger partial charge in [-0.05, 0) is 30.5 Å². The molecule has 3 aromatic rings. The predicted molar refractivity (Wildman–Crippen MR) is 108 cm³/mol. The molecule has 2 aliphatic heterocycles. The number of fused-ring (bicyclic) bond motifs is 5. The maximum Gasteiger partial charge on any atom is 0.250 e. The SMILES string of the molecule is O=C(CSc1nc2ccccc2s1)N1C[C@H]2C[C@H](C1)c1cccc(=O)n1C2. The Balaban J connectivity index is 1.28. The predicted octanol–water partition coefficient (Wildman–Crippen LogP) is 3.20. The number of hydrogen-bond donors (Lipinski definition) is 0. The highest BCUT2D eigenvalue weighted by molar-refractivity contribution is 8.01. The van der Waals surface area contributed by atoms with E-state index in [4.69, 9.17) is 0 Å². The fourth-order valence-corrected chi connectivity index (χ4v) is 6.20. The number of hydrogen-bond acceptors (Lipinski definition) is 5. The van der Waals surface area contributed by atoms with Crippen LogP contribution in [-0.4, -0.2) is 39.2 Å². The van der Waals surface area contributed by atoms with Gasteiger partial charge in [-0.25, -0.2) is 4.98 Å². The quantitative estimate of drug-likeness (QED) is 0.637. The van der Waals surface area contributed by atoms with Crippen molar-refractivity contribution in [2.45, 2.75) is 23.2 Å². The highest BCUT2D eigenvalue weighted by Gasteiger charge is 2.36. The molecule has 27 heavy (non-hydrogen) atoms. The molecule has 1 saturated heterocycles. The van der Waals surface area contributed by atoms with Gasteiger partial charge in [0.1, 0.15) is 0 Å². The van der Waals surface area contributed by atoms with Crippen molar-refractivity contribution in [1.82, 2.24) is 14.5 Å². The first kappa shape index (κ1) is 17.0. The highest BCUT2D eigenvalue weighted by atomic mass is 32.2. The van der Waals surface area contributed by atoms with Crippen molar-refractivity contribution in [2.24, 2.45) is 5.92 Å². The maximum absolute atomic E-state index is 12.8. The zero-order valence-electron chi connectivity index (χ0n) is 14.7. The zero-order chi connectivity index (χ0) is 18.4. The van der Waals surface area contributed by atoms with Crippen LogP contribution in [0.4, 0.5) is 0 Å². The average Bonchev–Trinajstić information content (AvgIpc) is 3.10. The number of nitrogens with zero attached hydrogens (tertiary/aromatic N) is 3. The van der Waals surface area contributed by atoms with Gasteiger partial charge in [0.25, 0.3) is 5.56 Å². The molecule has 0 saturated carbocycles. The number of carbonyl (C=O) groups excluding carboxylic acids is 1. The fourth-order valence-electron chi connectivity index (χ4n) is 4.23. The third-order valence-corrected chi connectivity index (χ3v) is 7.59. The molecule has 0 radical (unpaired) electrons. The van der Waals surface area contributed by atoms with E-state index in [0.717, 1.165) is 39.8 Å². The number of amides is 1. The monoisotopic (exact) mass is 397 g/mol. The minimum Gasteiger partial charge on any atom is -0.341 e. The van der Waals surface area contributed by atoms with Crippen LogP contribution in [0.2, 0.25) is 0 Å². The summed E-state index contributed by atoms with van der Waals surface area (Å²) in [6, 6.07) is 13.5. The van der Waals surface area contributed by atoms with Crippen molar-refractivity contribution in [3.63, 3.8) is 0 Å². The van der Waals surface area contributed by atoms with E-state index >= 15 is 0 Å². The Morgan fingerprint density at radius 3 is 2.93 bits per heavy atom. The smallest absolute Gasteiger partial charge is 0.250 e. The average molecular weight is 398 g/mol. The highest BCUT2D eigenvalue weighted by Crippen LogP contribution is 2.35. The number of rotatable bonds is 3. The number of benzene rings is 1. The lowest BCUT2D eigenvalue weighted by molar-refractivity contribution is -0.131. The summed E-state index contributed by atoms with van der Waals surface area (Å²) >= 11 is 3.16. The molecule has 7 heteroatoms. The van der Waals surface area contributed by atoms with Crippen LogP contribution in [0.3, 0.4) is 0 Å². The summed E-state index contributed by atoms with van der Waals surface area (Å²) in [7, 11) is 0. The zero-order valence-corrected chi connectivity index (χ0v) is 16.3. The van der Waals surface area contributed by atoms with Gasteiger partial charge in [0.2, 0.25) is 5.91 Å². The Labute approximate surface area is 165 Å². The second kappa shape index (κ2) is 6.80. The summed E-state index contributed by atoms with van der Waals surface area (Å²) in [6.07, 6.45) is 1.07. The Hall–Kier alpha value is -2.12. The lowest BCUT2D eigenvalue weighted by Gasteiger charge is -2.42. The molecule has 0 spiro atoms. The van der Waals surface area contributed by atoms with E-state index in [1.54, 1.807) is 17.4 Å². The van der Waals surface area contributed by atoms with Crippen molar-refractivity contribution < 1.29 is 4.79 Å². The topological polar surface area (TPSA) is 55.2 Å². The molecule has 2 aromatic heterocycles. The second-order valence-electron chi connectivity index (χ2n) is 7.23. The Bertz CT molecular complexity index is 1040. The van der Waals surface area contributed by atoms with E-state index < -0.39 is 0 Å². The molecule has 1 aromatic carbocycles. The van der Waals surface area contributed by atoms with Crippen LogP contribution in [0.25, 0.3) is 10.2 Å². The largest absolute Gasteiger partial charge is 0.341 e. The second-order valence-corrected chi connectivity index (χ2v) is 9.49. The first-order valence-electron chi connectivity index (χ1n) is 9.13. The number of aromatic nitrogens is 2. The Morgan fingerprint density at radius 1 is 1.15 bits per heavy atom. The summed E-state index contributed by atoms with van der Waals surface area (Å²) in [5.41, 5.74) is 2.15. The van der Waals surface area contributed by atoms with E-state index in [1.807, 2.05) is 39.8 Å². The van der Waals surface area contributed by atoms with Crippen molar-refractivity contribution in [3.8, 4) is 0 Å². The third-order valence-electron chi connectivity index (χ3n) is 5.43. The molecule has 2 aliphatic rings. The normalized spacial score (nSPS) is 21.3. The molecule has 138 valence electrons. The summed E-state index contributed by atoms with van der Waals surface area (Å²) in [5, 5.41) is 0. The molecule has 1 amide bonds. The van der Waals surface area contributed by atoms with Crippen molar-refractivity contribution in [2.75, 3.05) is 18.8 Å². The number of likely N-dealkylation sites (tertiary alicyclic amines) is 1. The molecule has 4 heterocycles. The van der Waals surface area contributed by atoms with Gasteiger partial charge >= 0.3 is 0 Å². The molecule has 5 nitrogen and oxygen atoms in total. The lowest BCUT2D eigenvalue weighted by Crippen LogP contribution is -2.49. The molecule has 5 rings (SSSR count). The van der Waals surface area contributed by atoms with Crippen molar-refractivity contribution in [3.05, 3.63) is 58.5 Å². The number of pyridine rings is 1. The van der Waals surface area contributed by atoms with Crippen LogP contribution in [0, 0.1) is 5.92 Å². The molecule has 0 unspecified atom stereocenters. The van der Waals surface area contributed by atoms with Gasteiger partial charge in [-0.15, -0.1) is 11.3 Å². The molecule has 0 aliphatic carbocycles. The molecule has 2 bridgehead atoms. The summed E-state index contributed by atoms with van der Waals surface area (Å²) < 4.78 is 4.00. The van der Waals surface area contributed by atoms with E-state index in [2.05, 4.69) is 11.1 Å². The Morgan fingerprint density at radius 2 is 2.04 bits per heavy atom. The molecule has 2 atom stereocenters. The molecule has 0 N–H and O–H groups in total. The van der Waals surface area contributed by atoms with E-state index in [-0.39, 0.29) is 17.4 Å². The van der Waals surface area contributed by atoms with Crippen LogP contribution in [0.15, 0.2) is 51.6 Å². The van der Waals surface area contributed by atoms with Crippen LogP contribution in [0.5, 0.6) is 0 Å². The number of carbonyl (C=O) groups is 1. The van der Waals surface area contributed by atoms with Crippen LogP contribution in [0.1, 0.15) is 18.0 Å². The summed E-state index contributed by atoms with van der Waals surface area (Å²) in [6.45, 7) is 2.18. The minimum atomic E-state index is 0.0772. The van der Waals surface area contributed by atoms with Crippen LogP contribution >= 0.6 is 23.1 Å². The fraction of sp³-hybridized carbons (Fsp3) is 0.350. The van der Waals surface area contributed by atoms with Gasteiger partial charge in [-0.2, -0.15) is 0 Å². The third kappa shape index (κ3) is 3.19. The van der Waals surface area contributed by atoms with Crippen LogP contribution in [-0.2, 0) is 11.3 Å². The minimum absolute atomic E-state index is 0.0772. The standard InChI is InChI=1S/C20H19N3O2S2/c24-18-7-3-5-16-14-8-13(10-23(16)18)9-22(11-14)19(25)12-26-20-21-15-4-1-2-6-17(15)27-20/h1-7,13-14H,8-12H2/t13-,14-/m1/s1. The van der Waals surface area contributed by atoms with Gasteiger partial charge in [-0.3, -0.25) is 9.59 Å². The lowest BCUT2D eigenvalue weighted by atomic mass is 9.83. The molecular formula is C20H19N3O2S2. The van der Waals surface area contributed by atoms with Gasteiger partial charge in [-0.1, -0.05) is 30.0 Å². The number of para-hydroxylation sites is 1. The van der Waals surface area contributed by atoms with Crippen molar-refractivity contribution >= 4 is 39.2 Å². The van der Waals surface area contributed by atoms with Gasteiger partial charge in [0.05, 0.1) is 16.0 Å². The molecule has 1 fully saturated rings. The van der Waals surface area contributed by atoms with Gasteiger partial charge < -0.3 is 9.47 Å². The first-order valence-corrected chi connectivity index (χ1v) is 10.9. The van der Waals surface area contributed by atoms with Gasteiger partial charge in [0, 0.05) is 37.3 Å².